The van der Waals surface area contributed by atoms with E-state index in [1.165, 1.54) is 11.1 Å². The average Bonchev–Trinajstić information content (AvgIpc) is 2.79. The van der Waals surface area contributed by atoms with Gasteiger partial charge in [0.1, 0.15) is 11.3 Å². The number of aromatic nitrogens is 1. The summed E-state index contributed by atoms with van der Waals surface area (Å²) in [5.41, 5.74) is 4.80. The summed E-state index contributed by atoms with van der Waals surface area (Å²) in [6.45, 7) is 9.84. The summed E-state index contributed by atoms with van der Waals surface area (Å²) in [6, 6.07) is 6.20. The minimum absolute atomic E-state index is 0.0582. The van der Waals surface area contributed by atoms with Crippen molar-refractivity contribution in [2.45, 2.75) is 47.1 Å². The van der Waals surface area contributed by atoms with Gasteiger partial charge in [0, 0.05) is 0 Å². The Balaban J connectivity index is 2.21. The van der Waals surface area contributed by atoms with E-state index in [-0.39, 0.29) is 11.9 Å². The Hall–Kier alpha value is -2.10. The van der Waals surface area contributed by atoms with Crippen LogP contribution >= 0.6 is 0 Å². The van der Waals surface area contributed by atoms with Gasteiger partial charge >= 0.3 is 0 Å². The fourth-order valence-electron chi connectivity index (χ4n) is 2.61. The molecule has 4 nitrogen and oxygen atoms in total. The standard InChI is InChI=1S/C17H22N2O2/c1-6-15-16(13(5)21-19-15)17(20)18-12(4)14-8-7-10(2)9-11(14)3/h7-9,12H,6H2,1-5H3,(H,18,20)/t12-/m0/s1. The van der Waals surface area contributed by atoms with Crippen LogP contribution in [0.4, 0.5) is 0 Å². The fraction of sp³-hybridized carbons (Fsp3) is 0.412. The lowest BCUT2D eigenvalue weighted by Crippen LogP contribution is -2.28. The van der Waals surface area contributed by atoms with Gasteiger partial charge in [0.05, 0.1) is 11.7 Å². The normalized spacial score (nSPS) is 12.2. The van der Waals surface area contributed by atoms with E-state index in [9.17, 15) is 4.79 Å². The van der Waals surface area contributed by atoms with E-state index >= 15 is 0 Å². The first kappa shape index (κ1) is 15.3. The molecule has 1 N–H and O–H groups in total. The highest BCUT2D eigenvalue weighted by molar-refractivity contribution is 5.96. The summed E-state index contributed by atoms with van der Waals surface area (Å²) >= 11 is 0. The molecule has 1 aromatic carbocycles. The zero-order valence-electron chi connectivity index (χ0n) is 13.3. The van der Waals surface area contributed by atoms with Crippen LogP contribution in [0.3, 0.4) is 0 Å². The molecule has 21 heavy (non-hydrogen) atoms. The molecule has 0 spiro atoms. The van der Waals surface area contributed by atoms with Gasteiger partial charge in [-0.1, -0.05) is 35.8 Å². The second kappa shape index (κ2) is 6.12. The van der Waals surface area contributed by atoms with Crippen molar-refractivity contribution in [2.24, 2.45) is 0 Å². The Morgan fingerprint density at radius 2 is 2.05 bits per heavy atom. The monoisotopic (exact) mass is 286 g/mol. The number of hydrogen-bond donors (Lipinski definition) is 1. The molecule has 0 aliphatic carbocycles. The largest absolute Gasteiger partial charge is 0.361 e. The van der Waals surface area contributed by atoms with Crippen molar-refractivity contribution in [3.8, 4) is 0 Å². The second-order valence-electron chi connectivity index (χ2n) is 5.47. The summed E-state index contributed by atoms with van der Waals surface area (Å²) in [6.07, 6.45) is 0.679. The van der Waals surface area contributed by atoms with Crippen molar-refractivity contribution >= 4 is 5.91 Å². The van der Waals surface area contributed by atoms with Crippen molar-refractivity contribution in [1.82, 2.24) is 10.5 Å². The fourth-order valence-corrected chi connectivity index (χ4v) is 2.61. The van der Waals surface area contributed by atoms with Gasteiger partial charge in [-0.25, -0.2) is 0 Å². The zero-order chi connectivity index (χ0) is 15.6. The van der Waals surface area contributed by atoms with Crippen LogP contribution in [0, 0.1) is 20.8 Å². The lowest BCUT2D eigenvalue weighted by atomic mass is 10.00. The molecule has 1 heterocycles. The van der Waals surface area contributed by atoms with E-state index in [0.29, 0.717) is 23.4 Å². The number of benzene rings is 1. The van der Waals surface area contributed by atoms with E-state index in [1.54, 1.807) is 6.92 Å². The maximum absolute atomic E-state index is 12.5. The first-order chi connectivity index (χ1) is 9.93. The predicted octanol–water partition coefficient (Wildman–Crippen LogP) is 3.65. The van der Waals surface area contributed by atoms with Crippen molar-refractivity contribution in [1.29, 1.82) is 0 Å². The van der Waals surface area contributed by atoms with Crippen LogP contribution in [0.15, 0.2) is 22.7 Å². The maximum atomic E-state index is 12.5. The third kappa shape index (κ3) is 3.15. The molecule has 0 radical (unpaired) electrons. The van der Waals surface area contributed by atoms with Gasteiger partial charge in [-0.3, -0.25) is 4.79 Å². The first-order valence-electron chi connectivity index (χ1n) is 7.27. The SMILES string of the molecule is CCc1noc(C)c1C(=O)N[C@@H](C)c1ccc(C)cc1C. The lowest BCUT2D eigenvalue weighted by Gasteiger charge is -2.17. The van der Waals surface area contributed by atoms with Gasteiger partial charge in [-0.05, 0) is 45.2 Å². The van der Waals surface area contributed by atoms with Crippen molar-refractivity contribution in [3.05, 3.63) is 51.9 Å². The summed E-state index contributed by atoms with van der Waals surface area (Å²) in [4.78, 5) is 12.5. The third-order valence-electron chi connectivity index (χ3n) is 3.73. The van der Waals surface area contributed by atoms with Crippen molar-refractivity contribution in [3.63, 3.8) is 0 Å². The quantitative estimate of drug-likeness (QED) is 0.933. The van der Waals surface area contributed by atoms with E-state index in [2.05, 4.69) is 42.5 Å². The highest BCUT2D eigenvalue weighted by Crippen LogP contribution is 2.20. The maximum Gasteiger partial charge on any atom is 0.257 e. The number of nitrogens with one attached hydrogen (secondary N) is 1. The van der Waals surface area contributed by atoms with Gasteiger partial charge in [0.25, 0.3) is 5.91 Å². The van der Waals surface area contributed by atoms with Gasteiger partial charge < -0.3 is 9.84 Å². The summed E-state index contributed by atoms with van der Waals surface area (Å²) < 4.78 is 5.12. The van der Waals surface area contributed by atoms with Crippen molar-refractivity contribution in [2.75, 3.05) is 0 Å². The van der Waals surface area contributed by atoms with E-state index in [1.807, 2.05) is 13.8 Å². The number of carbonyl (C=O) groups excluding carboxylic acids is 1. The number of nitrogens with zero attached hydrogens (tertiary/aromatic N) is 1. The number of amides is 1. The van der Waals surface area contributed by atoms with Gasteiger partial charge in [-0.2, -0.15) is 0 Å². The van der Waals surface area contributed by atoms with Gasteiger partial charge in [0.15, 0.2) is 0 Å². The Labute approximate surface area is 125 Å². The molecule has 0 bridgehead atoms. The van der Waals surface area contributed by atoms with Crippen LogP contribution in [0.1, 0.15) is 58.4 Å². The summed E-state index contributed by atoms with van der Waals surface area (Å²) in [5.74, 6) is 0.440. The van der Waals surface area contributed by atoms with E-state index in [4.69, 9.17) is 4.52 Å². The third-order valence-corrected chi connectivity index (χ3v) is 3.73. The average molecular weight is 286 g/mol. The molecule has 1 amide bonds. The number of carbonyl (C=O) groups is 1. The van der Waals surface area contributed by atoms with Gasteiger partial charge in [0.2, 0.25) is 0 Å². The molecule has 112 valence electrons. The minimum atomic E-state index is -0.127. The molecule has 0 unspecified atom stereocenters. The van der Waals surface area contributed by atoms with Crippen LogP contribution in [0.25, 0.3) is 0 Å². The molecule has 0 fully saturated rings. The van der Waals surface area contributed by atoms with E-state index < -0.39 is 0 Å². The summed E-state index contributed by atoms with van der Waals surface area (Å²) in [7, 11) is 0. The Bertz CT molecular complexity index is 659. The molecule has 2 rings (SSSR count). The number of hydrogen-bond acceptors (Lipinski definition) is 3. The highest BCUT2D eigenvalue weighted by Gasteiger charge is 2.21. The van der Waals surface area contributed by atoms with E-state index in [0.717, 1.165) is 5.56 Å². The molecular formula is C17H22N2O2. The van der Waals surface area contributed by atoms with Crippen molar-refractivity contribution < 1.29 is 9.32 Å². The Morgan fingerprint density at radius 1 is 1.33 bits per heavy atom. The van der Waals surface area contributed by atoms with Crippen LogP contribution in [-0.4, -0.2) is 11.1 Å². The minimum Gasteiger partial charge on any atom is -0.361 e. The number of aryl methyl sites for hydroxylation is 4. The number of rotatable bonds is 4. The first-order valence-corrected chi connectivity index (χ1v) is 7.27. The summed E-state index contributed by atoms with van der Waals surface area (Å²) in [5, 5.41) is 6.96. The lowest BCUT2D eigenvalue weighted by molar-refractivity contribution is 0.0937. The van der Waals surface area contributed by atoms with Crippen LogP contribution < -0.4 is 5.32 Å². The van der Waals surface area contributed by atoms with Crippen LogP contribution in [-0.2, 0) is 6.42 Å². The molecule has 1 atom stereocenters. The zero-order valence-corrected chi connectivity index (χ0v) is 13.3. The molecule has 0 aliphatic rings. The van der Waals surface area contributed by atoms with Crippen LogP contribution in [0.2, 0.25) is 0 Å². The molecule has 0 saturated heterocycles. The Kier molecular flexibility index (Phi) is 4.46. The molecule has 2 aromatic rings. The Morgan fingerprint density at radius 3 is 2.67 bits per heavy atom. The molecule has 4 heteroatoms. The topological polar surface area (TPSA) is 55.1 Å². The molecule has 1 aromatic heterocycles. The highest BCUT2D eigenvalue weighted by atomic mass is 16.5. The van der Waals surface area contributed by atoms with Gasteiger partial charge in [-0.15, -0.1) is 0 Å². The molecular weight excluding hydrogens is 264 g/mol. The molecule has 0 saturated carbocycles. The second-order valence-corrected chi connectivity index (χ2v) is 5.47. The predicted molar refractivity (Wildman–Crippen MR) is 82.4 cm³/mol. The molecule has 0 aliphatic heterocycles. The van der Waals surface area contributed by atoms with Crippen LogP contribution in [0.5, 0.6) is 0 Å². The smallest absolute Gasteiger partial charge is 0.257 e.